The zero-order valence-corrected chi connectivity index (χ0v) is 23.5. The monoisotopic (exact) mass is 513 g/mol. The molecule has 0 aliphatic rings. The molecule has 8 heteroatoms. The zero-order chi connectivity index (χ0) is 25.1. The molecule has 6 nitrogen and oxygen atoms in total. The van der Waals surface area contributed by atoms with Gasteiger partial charge in [-0.3, -0.25) is 4.79 Å². The second-order valence-electron chi connectivity index (χ2n) is 9.55. The normalized spacial score (nSPS) is 12.4. The van der Waals surface area contributed by atoms with Crippen molar-refractivity contribution in [2.24, 2.45) is 4.40 Å². The van der Waals surface area contributed by atoms with E-state index < -0.39 is 10.0 Å². The van der Waals surface area contributed by atoms with E-state index in [1.165, 1.54) is 103 Å². The number of carbonyl (C=O) groups excluding carboxylic acids is 1. The Kier molecular flexibility index (Phi) is 17.3. The van der Waals surface area contributed by atoms with Gasteiger partial charge in [-0.15, -0.1) is 10.2 Å². The van der Waals surface area contributed by atoms with Crippen molar-refractivity contribution in [3.05, 3.63) is 5.01 Å². The Balaban J connectivity index is 2.01. The van der Waals surface area contributed by atoms with Crippen LogP contribution in [0.4, 0.5) is 0 Å². The lowest BCUT2D eigenvalue weighted by Crippen LogP contribution is -2.02. The summed E-state index contributed by atoms with van der Waals surface area (Å²) in [5.41, 5.74) is 0.601. The number of hydrogen-bond donors (Lipinski definition) is 0. The number of aromatic nitrogens is 2. The van der Waals surface area contributed by atoms with Crippen LogP contribution in [0.5, 0.6) is 0 Å². The minimum atomic E-state index is -3.83. The van der Waals surface area contributed by atoms with Gasteiger partial charge in [0.15, 0.2) is 0 Å². The summed E-state index contributed by atoms with van der Waals surface area (Å²) in [4.78, 5) is 11.1. The molecular formula is C26H47N3O3S2. The SMILES string of the molecule is CCCCCCCCCCCCCCCCCCCC(C)=NS(=O)(=O)c1nnc(CC(C)=O)s1. The Morgan fingerprint density at radius 3 is 1.62 bits per heavy atom. The third-order valence-corrected chi connectivity index (χ3v) is 8.66. The quantitative estimate of drug-likeness (QED) is 0.116. The van der Waals surface area contributed by atoms with E-state index in [2.05, 4.69) is 21.5 Å². The summed E-state index contributed by atoms with van der Waals surface area (Å²) in [5.74, 6) is -0.0708. The zero-order valence-electron chi connectivity index (χ0n) is 21.8. The maximum atomic E-state index is 12.4. The maximum Gasteiger partial charge on any atom is 0.311 e. The average molecular weight is 514 g/mol. The molecule has 0 aliphatic carbocycles. The van der Waals surface area contributed by atoms with Crippen LogP contribution in [0, 0.1) is 0 Å². The average Bonchev–Trinajstić information content (AvgIpc) is 3.24. The molecule has 1 aromatic rings. The van der Waals surface area contributed by atoms with Crippen LogP contribution < -0.4 is 0 Å². The highest BCUT2D eigenvalue weighted by atomic mass is 32.2. The molecule has 34 heavy (non-hydrogen) atoms. The Labute approximate surface area is 212 Å². The summed E-state index contributed by atoms with van der Waals surface area (Å²) in [7, 11) is -3.83. The first-order valence-corrected chi connectivity index (χ1v) is 15.7. The summed E-state index contributed by atoms with van der Waals surface area (Å²) >= 11 is 0.923. The molecule has 1 aromatic heterocycles. The highest BCUT2D eigenvalue weighted by Gasteiger charge is 2.20. The van der Waals surface area contributed by atoms with Crippen LogP contribution in [0.15, 0.2) is 8.74 Å². The number of nitrogens with zero attached hydrogens (tertiary/aromatic N) is 3. The van der Waals surface area contributed by atoms with Gasteiger partial charge < -0.3 is 0 Å². The summed E-state index contributed by atoms with van der Waals surface area (Å²) < 4.78 is 28.5. The van der Waals surface area contributed by atoms with E-state index in [0.29, 0.717) is 17.1 Å². The van der Waals surface area contributed by atoms with E-state index in [0.717, 1.165) is 24.2 Å². The fraction of sp³-hybridized carbons (Fsp3) is 0.846. The molecule has 0 saturated heterocycles. The van der Waals surface area contributed by atoms with Crippen molar-refractivity contribution in [2.75, 3.05) is 0 Å². The van der Waals surface area contributed by atoms with Gasteiger partial charge in [0, 0.05) is 5.71 Å². The van der Waals surface area contributed by atoms with E-state index in [1.54, 1.807) is 6.92 Å². The number of rotatable bonds is 22. The molecule has 0 saturated carbocycles. The minimum absolute atomic E-state index is 0.0708. The molecule has 0 atom stereocenters. The topological polar surface area (TPSA) is 89.3 Å². The first kappa shape index (κ1) is 30.9. The van der Waals surface area contributed by atoms with Gasteiger partial charge in [-0.05, 0) is 26.7 Å². The lowest BCUT2D eigenvalue weighted by Gasteiger charge is -2.04. The van der Waals surface area contributed by atoms with E-state index in [9.17, 15) is 13.2 Å². The van der Waals surface area contributed by atoms with Crippen LogP contribution in [0.1, 0.15) is 141 Å². The Bertz CT molecular complexity index is 804. The van der Waals surface area contributed by atoms with Gasteiger partial charge in [-0.2, -0.15) is 12.8 Å². The van der Waals surface area contributed by atoms with Crippen molar-refractivity contribution >= 4 is 32.9 Å². The first-order valence-electron chi connectivity index (χ1n) is 13.5. The van der Waals surface area contributed by atoms with Gasteiger partial charge in [0.25, 0.3) is 4.34 Å². The van der Waals surface area contributed by atoms with Crippen LogP contribution in [-0.2, 0) is 21.2 Å². The predicted molar refractivity (Wildman–Crippen MR) is 143 cm³/mol. The van der Waals surface area contributed by atoms with Crippen molar-refractivity contribution in [3.63, 3.8) is 0 Å². The number of Topliss-reactive ketones (excluding diaryl/α,β-unsaturated/α-hetero) is 1. The fourth-order valence-corrected chi connectivity index (χ4v) is 6.21. The van der Waals surface area contributed by atoms with Crippen molar-refractivity contribution in [3.8, 4) is 0 Å². The van der Waals surface area contributed by atoms with Gasteiger partial charge in [0.1, 0.15) is 10.8 Å². The van der Waals surface area contributed by atoms with Gasteiger partial charge in [0.05, 0.1) is 6.42 Å². The molecule has 0 aromatic carbocycles. The van der Waals surface area contributed by atoms with E-state index in [4.69, 9.17) is 0 Å². The Morgan fingerprint density at radius 1 is 0.735 bits per heavy atom. The second kappa shape index (κ2) is 19.1. The molecule has 1 rings (SSSR count). The van der Waals surface area contributed by atoms with Crippen LogP contribution in [0.25, 0.3) is 0 Å². The van der Waals surface area contributed by atoms with Crippen molar-refractivity contribution in [1.29, 1.82) is 0 Å². The Hall–Kier alpha value is -1.15. The lowest BCUT2D eigenvalue weighted by molar-refractivity contribution is -0.116. The first-order chi connectivity index (χ1) is 16.3. The second-order valence-corrected chi connectivity index (χ2v) is 12.4. The summed E-state index contributed by atoms with van der Waals surface area (Å²) in [6, 6.07) is 0. The van der Waals surface area contributed by atoms with Gasteiger partial charge in [-0.1, -0.05) is 121 Å². The van der Waals surface area contributed by atoms with Crippen LogP contribution in [0.2, 0.25) is 0 Å². The molecule has 0 amide bonds. The van der Waals surface area contributed by atoms with Crippen LogP contribution >= 0.6 is 11.3 Å². The van der Waals surface area contributed by atoms with Crippen molar-refractivity contribution in [2.45, 2.75) is 147 Å². The van der Waals surface area contributed by atoms with E-state index in [1.807, 2.05) is 0 Å². The largest absolute Gasteiger partial charge is 0.311 e. The molecule has 0 N–H and O–H groups in total. The number of carbonyl (C=O) groups is 1. The highest BCUT2D eigenvalue weighted by Crippen LogP contribution is 2.19. The minimum Gasteiger partial charge on any atom is -0.300 e. The van der Waals surface area contributed by atoms with Gasteiger partial charge >= 0.3 is 10.0 Å². The maximum absolute atomic E-state index is 12.4. The molecule has 0 radical (unpaired) electrons. The molecule has 0 bridgehead atoms. The summed E-state index contributed by atoms with van der Waals surface area (Å²) in [6.45, 7) is 5.46. The number of unbranched alkanes of at least 4 members (excludes halogenated alkanes) is 16. The fourth-order valence-electron chi connectivity index (χ4n) is 4.02. The summed E-state index contributed by atoms with van der Waals surface area (Å²) in [6.07, 6.45) is 23.3. The van der Waals surface area contributed by atoms with Crippen molar-refractivity contribution < 1.29 is 13.2 Å². The van der Waals surface area contributed by atoms with E-state index >= 15 is 0 Å². The molecule has 0 spiro atoms. The smallest absolute Gasteiger partial charge is 0.300 e. The van der Waals surface area contributed by atoms with Crippen LogP contribution in [-0.4, -0.2) is 30.1 Å². The number of ketones is 1. The number of sulfonamides is 1. The third kappa shape index (κ3) is 15.7. The molecule has 0 aliphatic heterocycles. The molecular weight excluding hydrogens is 466 g/mol. The van der Waals surface area contributed by atoms with Gasteiger partial charge in [-0.25, -0.2) is 0 Å². The highest BCUT2D eigenvalue weighted by molar-refractivity contribution is 7.92. The van der Waals surface area contributed by atoms with Crippen LogP contribution in [0.3, 0.4) is 0 Å². The summed E-state index contributed by atoms with van der Waals surface area (Å²) in [5, 5.41) is 7.89. The molecule has 1 heterocycles. The Morgan fingerprint density at radius 2 is 1.18 bits per heavy atom. The number of hydrogen-bond acceptors (Lipinski definition) is 6. The molecule has 0 fully saturated rings. The lowest BCUT2D eigenvalue weighted by atomic mass is 10.0. The standard InChI is InChI=1S/C26H47N3O3S2/c1-4-5-6-7-8-9-10-11-12-13-14-15-16-17-18-19-20-21-23(2)29-34(31,32)26-28-27-25(33-26)22-24(3)30/h4-22H2,1-3H3. The van der Waals surface area contributed by atoms with Gasteiger partial charge in [0.2, 0.25) is 0 Å². The third-order valence-electron chi connectivity index (χ3n) is 5.99. The van der Waals surface area contributed by atoms with E-state index in [-0.39, 0.29) is 16.5 Å². The molecule has 0 unspecified atom stereocenters. The predicted octanol–water partition coefficient (Wildman–Crippen LogP) is 7.86. The molecule has 196 valence electrons. The van der Waals surface area contributed by atoms with Crippen molar-refractivity contribution in [1.82, 2.24) is 10.2 Å².